The fraction of sp³-hybridized carbons (Fsp3) is 0.273. The summed E-state index contributed by atoms with van der Waals surface area (Å²) in [5, 5.41) is 5.87. The van der Waals surface area contributed by atoms with E-state index >= 15 is 0 Å². The largest absolute Gasteiger partial charge is 0.352 e. The van der Waals surface area contributed by atoms with Crippen molar-refractivity contribution in [1.82, 2.24) is 24.6 Å². The molecule has 0 bridgehead atoms. The van der Waals surface area contributed by atoms with Gasteiger partial charge in [0.25, 0.3) is 0 Å². The lowest BCUT2D eigenvalue weighted by atomic mass is 10.1. The topological polar surface area (TPSA) is 67.2 Å². The predicted molar refractivity (Wildman–Crippen MR) is 159 cm³/mol. The van der Waals surface area contributed by atoms with Crippen LogP contribution in [0.3, 0.4) is 0 Å². The highest BCUT2D eigenvalue weighted by molar-refractivity contribution is 5.91. The Bertz CT molecular complexity index is 1600. The lowest BCUT2D eigenvalue weighted by molar-refractivity contribution is -0.131. The van der Waals surface area contributed by atoms with E-state index in [9.17, 15) is 4.79 Å². The Kier molecular flexibility index (Phi) is 7.27. The Morgan fingerprint density at radius 3 is 2.15 bits per heavy atom. The number of anilines is 1. The molecule has 1 aliphatic heterocycles. The van der Waals surface area contributed by atoms with Crippen molar-refractivity contribution >= 4 is 22.8 Å². The molecule has 0 spiro atoms. The summed E-state index contributed by atoms with van der Waals surface area (Å²) in [5.41, 5.74) is 6.29. The maximum absolute atomic E-state index is 13.0. The summed E-state index contributed by atoms with van der Waals surface area (Å²) < 4.78 is 1.93. The first-order chi connectivity index (χ1) is 19.5. The number of fused-ring (bicyclic) bond motifs is 1. The second kappa shape index (κ2) is 11.3. The number of carbonyl (C=O) groups excluding carboxylic acids is 1. The number of piperazine rings is 1. The number of hydrogen-bond donors (Lipinski definition) is 0. The number of benzene rings is 3. The molecule has 40 heavy (non-hydrogen) atoms. The predicted octanol–water partition coefficient (Wildman–Crippen LogP) is 5.30. The zero-order chi connectivity index (χ0) is 27.5. The van der Waals surface area contributed by atoms with E-state index in [4.69, 9.17) is 15.1 Å². The summed E-state index contributed by atoms with van der Waals surface area (Å²) >= 11 is 0. The van der Waals surface area contributed by atoms with Crippen LogP contribution in [0.4, 0.5) is 5.82 Å². The summed E-state index contributed by atoms with van der Waals surface area (Å²) in [6.45, 7) is 6.93. The van der Waals surface area contributed by atoms with Crippen molar-refractivity contribution in [3.05, 3.63) is 113 Å². The average Bonchev–Trinajstić information content (AvgIpc) is 3.34. The van der Waals surface area contributed by atoms with Crippen LogP contribution in [0.25, 0.3) is 16.7 Å². The third-order valence-electron chi connectivity index (χ3n) is 7.62. The summed E-state index contributed by atoms with van der Waals surface area (Å²) in [4.78, 5) is 27.4. The van der Waals surface area contributed by atoms with Crippen LogP contribution in [0.15, 0.2) is 84.9 Å². The number of aromatic nitrogens is 4. The fourth-order valence-electron chi connectivity index (χ4n) is 5.37. The Hall–Kier alpha value is -4.52. The van der Waals surface area contributed by atoms with Crippen LogP contribution in [0.2, 0.25) is 0 Å². The summed E-state index contributed by atoms with van der Waals surface area (Å²) in [6, 6.07) is 28.9. The van der Waals surface area contributed by atoms with Crippen molar-refractivity contribution in [1.29, 1.82) is 0 Å². The van der Waals surface area contributed by atoms with Gasteiger partial charge in [0.2, 0.25) is 5.91 Å². The van der Waals surface area contributed by atoms with Crippen molar-refractivity contribution < 1.29 is 4.79 Å². The van der Waals surface area contributed by atoms with Crippen molar-refractivity contribution in [3.8, 4) is 5.69 Å². The Labute approximate surface area is 235 Å². The first-order valence-corrected chi connectivity index (χ1v) is 14.0. The first kappa shape index (κ1) is 25.7. The van der Waals surface area contributed by atoms with Crippen molar-refractivity contribution in [2.24, 2.45) is 0 Å². The first-order valence-electron chi connectivity index (χ1n) is 14.0. The molecule has 0 unspecified atom stereocenters. The second-order valence-electron chi connectivity index (χ2n) is 10.5. The molecular weight excluding hydrogens is 496 g/mol. The number of rotatable bonds is 7. The van der Waals surface area contributed by atoms with E-state index in [0.717, 1.165) is 53.6 Å². The van der Waals surface area contributed by atoms with Gasteiger partial charge < -0.3 is 9.80 Å². The number of para-hydroxylation sites is 1. The molecule has 3 heterocycles. The van der Waals surface area contributed by atoms with Crippen LogP contribution in [0, 0.1) is 13.8 Å². The number of amides is 1. The van der Waals surface area contributed by atoms with Gasteiger partial charge in [0.05, 0.1) is 16.8 Å². The standard InChI is InChI=1S/C33H34N6O/c1-24-13-15-27(16-14-24)23-29-34-32(31-25(2)36-39(33(31)35-29)28-11-7-4-8-12-28)38-21-19-37(20-22-38)30(40)18-17-26-9-5-3-6-10-26/h3-16H,17-23H2,1-2H3. The molecule has 202 valence electrons. The van der Waals surface area contributed by atoms with Crippen molar-refractivity contribution in [3.63, 3.8) is 0 Å². The van der Waals surface area contributed by atoms with Gasteiger partial charge in [-0.3, -0.25) is 4.79 Å². The lowest BCUT2D eigenvalue weighted by Crippen LogP contribution is -2.49. The molecule has 0 radical (unpaired) electrons. The maximum Gasteiger partial charge on any atom is 0.223 e. The molecule has 1 fully saturated rings. The molecule has 7 heteroatoms. The van der Waals surface area contributed by atoms with E-state index in [1.54, 1.807) is 0 Å². The van der Waals surface area contributed by atoms with Crippen molar-refractivity contribution in [2.75, 3.05) is 31.1 Å². The van der Waals surface area contributed by atoms with Crippen LogP contribution in [0.1, 0.15) is 34.6 Å². The van der Waals surface area contributed by atoms with E-state index in [1.807, 2.05) is 65.0 Å². The molecule has 2 aromatic heterocycles. The minimum Gasteiger partial charge on any atom is -0.352 e. The minimum atomic E-state index is 0.212. The zero-order valence-corrected chi connectivity index (χ0v) is 23.1. The Balaban J connectivity index is 1.28. The van der Waals surface area contributed by atoms with E-state index in [2.05, 4.69) is 48.2 Å². The van der Waals surface area contributed by atoms with Crippen LogP contribution < -0.4 is 4.90 Å². The van der Waals surface area contributed by atoms with E-state index in [0.29, 0.717) is 25.9 Å². The molecule has 0 aliphatic carbocycles. The van der Waals surface area contributed by atoms with Crippen LogP contribution in [-0.4, -0.2) is 56.7 Å². The SMILES string of the molecule is Cc1ccc(Cc2nc(N3CCN(C(=O)CCc4ccccc4)CC3)c3c(C)nn(-c4ccccc4)c3n2)cc1. The van der Waals surface area contributed by atoms with E-state index < -0.39 is 0 Å². The highest BCUT2D eigenvalue weighted by Crippen LogP contribution is 2.30. The van der Waals surface area contributed by atoms with E-state index in [1.165, 1.54) is 16.7 Å². The third kappa shape index (κ3) is 5.45. The van der Waals surface area contributed by atoms with Gasteiger partial charge in [0.1, 0.15) is 11.6 Å². The number of carbonyl (C=O) groups is 1. The van der Waals surface area contributed by atoms with Crippen LogP contribution in [0.5, 0.6) is 0 Å². The molecule has 5 aromatic rings. The highest BCUT2D eigenvalue weighted by atomic mass is 16.2. The normalized spacial score (nSPS) is 13.7. The number of hydrogen-bond acceptors (Lipinski definition) is 5. The Morgan fingerprint density at radius 2 is 1.45 bits per heavy atom. The minimum absolute atomic E-state index is 0.212. The molecule has 1 amide bonds. The third-order valence-corrected chi connectivity index (χ3v) is 7.62. The zero-order valence-electron chi connectivity index (χ0n) is 23.1. The molecule has 7 nitrogen and oxygen atoms in total. The lowest BCUT2D eigenvalue weighted by Gasteiger charge is -2.36. The molecule has 0 N–H and O–H groups in total. The second-order valence-corrected chi connectivity index (χ2v) is 10.5. The fourth-order valence-corrected chi connectivity index (χ4v) is 5.37. The summed E-state index contributed by atoms with van der Waals surface area (Å²) in [7, 11) is 0. The monoisotopic (exact) mass is 530 g/mol. The van der Waals surface area contributed by atoms with Gasteiger partial charge in [0.15, 0.2) is 5.65 Å². The van der Waals surface area contributed by atoms with Gasteiger partial charge in [-0.25, -0.2) is 14.6 Å². The molecule has 1 aliphatic rings. The number of aryl methyl sites for hydroxylation is 3. The smallest absolute Gasteiger partial charge is 0.223 e. The molecule has 0 saturated carbocycles. The molecule has 3 aromatic carbocycles. The Morgan fingerprint density at radius 1 is 0.775 bits per heavy atom. The van der Waals surface area contributed by atoms with Gasteiger partial charge in [-0.2, -0.15) is 5.10 Å². The quantitative estimate of drug-likeness (QED) is 0.286. The van der Waals surface area contributed by atoms with Crippen LogP contribution >= 0.6 is 0 Å². The van der Waals surface area contributed by atoms with Crippen molar-refractivity contribution in [2.45, 2.75) is 33.1 Å². The molecule has 1 saturated heterocycles. The van der Waals surface area contributed by atoms with Gasteiger partial charge in [0, 0.05) is 39.0 Å². The summed E-state index contributed by atoms with van der Waals surface area (Å²) in [6.07, 6.45) is 1.94. The van der Waals surface area contributed by atoms with Gasteiger partial charge in [-0.15, -0.1) is 0 Å². The van der Waals surface area contributed by atoms with Gasteiger partial charge in [-0.1, -0.05) is 78.4 Å². The molecule has 6 rings (SSSR count). The van der Waals surface area contributed by atoms with E-state index in [-0.39, 0.29) is 5.91 Å². The highest BCUT2D eigenvalue weighted by Gasteiger charge is 2.26. The van der Waals surface area contributed by atoms with Gasteiger partial charge >= 0.3 is 0 Å². The van der Waals surface area contributed by atoms with Crippen LogP contribution in [-0.2, 0) is 17.6 Å². The maximum atomic E-state index is 13.0. The summed E-state index contributed by atoms with van der Waals surface area (Å²) in [5.74, 6) is 1.89. The molecular formula is C33H34N6O. The average molecular weight is 531 g/mol. The molecule has 0 atom stereocenters. The number of nitrogens with zero attached hydrogens (tertiary/aromatic N) is 6. The van der Waals surface area contributed by atoms with Gasteiger partial charge in [-0.05, 0) is 43.5 Å².